The van der Waals surface area contributed by atoms with Gasteiger partial charge in [0.15, 0.2) is 5.78 Å². The molecule has 0 amide bonds. The van der Waals surface area contributed by atoms with Crippen LogP contribution in [0.3, 0.4) is 0 Å². The molecule has 0 bridgehead atoms. The van der Waals surface area contributed by atoms with Gasteiger partial charge in [-0.1, -0.05) is 23.7 Å². The van der Waals surface area contributed by atoms with E-state index in [1.807, 2.05) is 0 Å². The van der Waals surface area contributed by atoms with Gasteiger partial charge in [-0.25, -0.2) is 14.1 Å². The third-order valence-corrected chi connectivity index (χ3v) is 6.13. The van der Waals surface area contributed by atoms with Crippen molar-refractivity contribution in [2.45, 2.75) is 38.5 Å². The molecule has 0 unspecified atom stereocenters. The average Bonchev–Trinajstić information content (AvgIpc) is 3.22. The number of carbonyl (C=O) groups excluding carboxylic acids is 2. The summed E-state index contributed by atoms with van der Waals surface area (Å²) in [6.07, 6.45) is 7.19. The Bertz CT molecular complexity index is 1090. The van der Waals surface area contributed by atoms with E-state index < -0.39 is 0 Å². The van der Waals surface area contributed by atoms with Crippen molar-refractivity contribution in [3.63, 3.8) is 0 Å². The molecule has 1 fully saturated rings. The zero-order valence-corrected chi connectivity index (χ0v) is 17.8. The van der Waals surface area contributed by atoms with Crippen LogP contribution in [0, 0.1) is 17.7 Å². The SMILES string of the molecule is O=C(CC1CCC(C(=O)Cc2ccn(-c3ccccc3F)n2)CC1)c1ccnc(Cl)c1. The normalized spacial score (nSPS) is 18.6. The zero-order valence-electron chi connectivity index (χ0n) is 17.0. The minimum Gasteiger partial charge on any atom is -0.299 e. The molecule has 4 rings (SSSR count). The Morgan fingerprint density at radius 3 is 2.61 bits per heavy atom. The van der Waals surface area contributed by atoms with Gasteiger partial charge >= 0.3 is 0 Å². The van der Waals surface area contributed by atoms with Crippen molar-refractivity contribution in [1.29, 1.82) is 0 Å². The highest BCUT2D eigenvalue weighted by Crippen LogP contribution is 2.33. The van der Waals surface area contributed by atoms with Gasteiger partial charge in [0.2, 0.25) is 0 Å². The summed E-state index contributed by atoms with van der Waals surface area (Å²) in [4.78, 5) is 29.1. The molecule has 0 aliphatic heterocycles. The number of hydrogen-bond donors (Lipinski definition) is 0. The first-order valence-electron chi connectivity index (χ1n) is 10.5. The monoisotopic (exact) mass is 439 g/mol. The van der Waals surface area contributed by atoms with Crippen LogP contribution in [0.4, 0.5) is 4.39 Å². The lowest BCUT2D eigenvalue weighted by Crippen LogP contribution is -2.24. The number of para-hydroxylation sites is 1. The summed E-state index contributed by atoms with van der Waals surface area (Å²) in [5.74, 6) is 0.136. The number of halogens is 2. The summed E-state index contributed by atoms with van der Waals surface area (Å²) in [6, 6.07) is 11.4. The summed E-state index contributed by atoms with van der Waals surface area (Å²) in [5.41, 5.74) is 1.59. The minimum absolute atomic E-state index is 0.0136. The topological polar surface area (TPSA) is 64.8 Å². The summed E-state index contributed by atoms with van der Waals surface area (Å²) in [6.45, 7) is 0. The van der Waals surface area contributed by atoms with Gasteiger partial charge in [0.25, 0.3) is 0 Å². The van der Waals surface area contributed by atoms with E-state index >= 15 is 0 Å². The fourth-order valence-electron chi connectivity index (χ4n) is 4.20. The lowest BCUT2D eigenvalue weighted by Gasteiger charge is -2.27. The number of carbonyl (C=O) groups is 2. The Hall–Kier alpha value is -2.86. The van der Waals surface area contributed by atoms with E-state index in [9.17, 15) is 14.0 Å². The predicted octanol–water partition coefficient (Wildman–Crippen LogP) is 5.25. The highest BCUT2D eigenvalue weighted by molar-refractivity contribution is 6.29. The van der Waals surface area contributed by atoms with Gasteiger partial charge in [-0.05, 0) is 61.9 Å². The van der Waals surface area contributed by atoms with Crippen molar-refractivity contribution in [2.24, 2.45) is 11.8 Å². The van der Waals surface area contributed by atoms with Gasteiger partial charge < -0.3 is 0 Å². The van der Waals surface area contributed by atoms with E-state index in [1.165, 1.54) is 10.7 Å². The Morgan fingerprint density at radius 1 is 1.10 bits per heavy atom. The quantitative estimate of drug-likeness (QED) is 0.372. The number of hydrogen-bond acceptors (Lipinski definition) is 4. The van der Waals surface area contributed by atoms with Crippen molar-refractivity contribution in [3.05, 3.63) is 77.1 Å². The maximum Gasteiger partial charge on any atom is 0.163 e. The summed E-state index contributed by atoms with van der Waals surface area (Å²) < 4.78 is 15.4. The summed E-state index contributed by atoms with van der Waals surface area (Å²) in [5, 5.41) is 4.68. The van der Waals surface area contributed by atoms with Gasteiger partial charge in [-0.15, -0.1) is 0 Å². The molecule has 0 radical (unpaired) electrons. The van der Waals surface area contributed by atoms with Crippen molar-refractivity contribution < 1.29 is 14.0 Å². The lowest BCUT2D eigenvalue weighted by atomic mass is 9.77. The summed E-state index contributed by atoms with van der Waals surface area (Å²) >= 11 is 5.87. The van der Waals surface area contributed by atoms with E-state index in [1.54, 1.807) is 48.8 Å². The standard InChI is InChI=1S/C24H23ClFN3O2/c25-24-14-18(9-11-27-24)22(30)13-16-5-7-17(8-6-16)23(31)15-19-10-12-29(28-19)21-4-2-1-3-20(21)26/h1-4,9-12,14,16-17H,5-8,13,15H2. The number of aromatic nitrogens is 3. The zero-order chi connectivity index (χ0) is 21.8. The lowest BCUT2D eigenvalue weighted by molar-refractivity contribution is -0.123. The molecule has 31 heavy (non-hydrogen) atoms. The van der Waals surface area contributed by atoms with Gasteiger partial charge in [0, 0.05) is 30.3 Å². The molecular formula is C24H23ClFN3O2. The van der Waals surface area contributed by atoms with E-state index in [4.69, 9.17) is 11.6 Å². The third kappa shape index (κ3) is 5.25. The molecule has 1 aliphatic rings. The van der Waals surface area contributed by atoms with Crippen LogP contribution in [-0.4, -0.2) is 26.3 Å². The molecule has 2 aromatic heterocycles. The molecule has 1 aliphatic carbocycles. The predicted molar refractivity (Wildman–Crippen MR) is 116 cm³/mol. The number of ketones is 2. The van der Waals surface area contributed by atoms with Crippen molar-refractivity contribution in [3.8, 4) is 5.69 Å². The maximum absolute atomic E-state index is 13.9. The van der Waals surface area contributed by atoms with Crippen LogP contribution in [0.5, 0.6) is 0 Å². The molecule has 2 heterocycles. The first-order chi connectivity index (χ1) is 15.0. The molecule has 0 spiro atoms. The Balaban J connectivity index is 1.29. The van der Waals surface area contributed by atoms with Crippen LogP contribution in [0.15, 0.2) is 54.9 Å². The molecule has 1 aromatic carbocycles. The van der Waals surface area contributed by atoms with Gasteiger partial charge in [0.05, 0.1) is 12.1 Å². The molecule has 0 atom stereocenters. The fourth-order valence-corrected chi connectivity index (χ4v) is 4.37. The van der Waals surface area contributed by atoms with E-state index in [0.29, 0.717) is 28.5 Å². The number of Topliss-reactive ketones (excluding diaryl/α,β-unsaturated/α-hetero) is 2. The molecule has 3 aromatic rings. The van der Waals surface area contributed by atoms with Crippen LogP contribution in [0.2, 0.25) is 5.15 Å². The first kappa shape index (κ1) is 21.4. The summed E-state index contributed by atoms with van der Waals surface area (Å²) in [7, 11) is 0. The van der Waals surface area contributed by atoms with E-state index in [0.717, 1.165) is 25.7 Å². The van der Waals surface area contributed by atoms with Gasteiger partial charge in [0.1, 0.15) is 22.4 Å². The van der Waals surface area contributed by atoms with Crippen LogP contribution in [0.25, 0.3) is 5.69 Å². The number of pyridine rings is 1. The van der Waals surface area contributed by atoms with Crippen molar-refractivity contribution >= 4 is 23.2 Å². The Labute approximate surface area is 185 Å². The maximum atomic E-state index is 13.9. The number of nitrogens with zero attached hydrogens (tertiary/aromatic N) is 3. The molecule has 1 saturated carbocycles. The number of rotatable bonds is 7. The number of benzene rings is 1. The molecule has 160 valence electrons. The van der Waals surface area contributed by atoms with Gasteiger partial charge in [-0.2, -0.15) is 5.10 Å². The second-order valence-electron chi connectivity index (χ2n) is 8.06. The Kier molecular flexibility index (Phi) is 6.56. The second-order valence-corrected chi connectivity index (χ2v) is 8.45. The first-order valence-corrected chi connectivity index (χ1v) is 10.8. The highest BCUT2D eigenvalue weighted by atomic mass is 35.5. The third-order valence-electron chi connectivity index (χ3n) is 5.92. The molecule has 5 nitrogen and oxygen atoms in total. The van der Waals surface area contributed by atoms with Crippen LogP contribution < -0.4 is 0 Å². The fraction of sp³-hybridized carbons (Fsp3) is 0.333. The van der Waals surface area contributed by atoms with Crippen LogP contribution in [0.1, 0.15) is 48.2 Å². The average molecular weight is 440 g/mol. The largest absolute Gasteiger partial charge is 0.299 e. The van der Waals surface area contributed by atoms with Crippen molar-refractivity contribution in [2.75, 3.05) is 0 Å². The van der Waals surface area contributed by atoms with Crippen molar-refractivity contribution in [1.82, 2.24) is 14.8 Å². The smallest absolute Gasteiger partial charge is 0.163 e. The van der Waals surface area contributed by atoms with E-state index in [-0.39, 0.29) is 35.6 Å². The van der Waals surface area contributed by atoms with Gasteiger partial charge in [-0.3, -0.25) is 9.59 Å². The molecule has 0 N–H and O–H groups in total. The van der Waals surface area contributed by atoms with Crippen LogP contribution >= 0.6 is 11.6 Å². The van der Waals surface area contributed by atoms with Crippen LogP contribution in [-0.2, 0) is 11.2 Å². The molecular weight excluding hydrogens is 417 g/mol. The second kappa shape index (κ2) is 9.52. The highest BCUT2D eigenvalue weighted by Gasteiger charge is 2.28. The molecule has 7 heteroatoms. The van der Waals surface area contributed by atoms with E-state index in [2.05, 4.69) is 10.1 Å². The molecule has 0 saturated heterocycles. The minimum atomic E-state index is -0.356. The Morgan fingerprint density at radius 2 is 1.87 bits per heavy atom.